The topological polar surface area (TPSA) is 41.3 Å². The van der Waals surface area contributed by atoms with E-state index in [4.69, 9.17) is 5.73 Å². The lowest BCUT2D eigenvalue weighted by molar-refractivity contribution is 0.712. The summed E-state index contributed by atoms with van der Waals surface area (Å²) in [6.45, 7) is 2.11. The van der Waals surface area contributed by atoms with Gasteiger partial charge < -0.3 is 16.0 Å². The van der Waals surface area contributed by atoms with Gasteiger partial charge in [0.05, 0.1) is 5.69 Å². The molecule has 1 aromatic rings. The molecule has 4 heteroatoms. The first-order valence-corrected chi connectivity index (χ1v) is 6.14. The molecule has 0 aliphatic rings. The predicted molar refractivity (Wildman–Crippen MR) is 75.4 cm³/mol. The zero-order valence-corrected chi connectivity index (χ0v) is 11.4. The largest absolute Gasteiger partial charge is 0.399 e. The number of hydrogen-bond donors (Lipinski definition) is 2. The van der Waals surface area contributed by atoms with E-state index < -0.39 is 0 Å². The van der Waals surface area contributed by atoms with E-state index in [-0.39, 0.29) is 0 Å². The van der Waals surface area contributed by atoms with Crippen LogP contribution in [0.25, 0.3) is 0 Å². The van der Waals surface area contributed by atoms with E-state index in [2.05, 4.69) is 45.9 Å². The van der Waals surface area contributed by atoms with Gasteiger partial charge >= 0.3 is 0 Å². The standard InChI is InChI=1S/C11H18IN3/c1-14-6-3-7-15(2)11-5-4-9(13)8-10(11)12/h4-5,8,14H,3,6-7,13H2,1-2H3. The molecule has 1 aromatic carbocycles. The van der Waals surface area contributed by atoms with Gasteiger partial charge in [0.2, 0.25) is 0 Å². The Labute approximate surface area is 105 Å². The van der Waals surface area contributed by atoms with Crippen molar-refractivity contribution < 1.29 is 0 Å². The van der Waals surface area contributed by atoms with Crippen molar-refractivity contribution in [1.82, 2.24) is 5.32 Å². The molecule has 0 bridgehead atoms. The summed E-state index contributed by atoms with van der Waals surface area (Å²) in [5.74, 6) is 0. The molecule has 0 saturated heterocycles. The summed E-state index contributed by atoms with van der Waals surface area (Å²) < 4.78 is 1.21. The second-order valence-electron chi connectivity index (χ2n) is 3.59. The fourth-order valence-electron chi connectivity index (χ4n) is 1.45. The van der Waals surface area contributed by atoms with Crippen LogP contribution in [-0.4, -0.2) is 27.2 Å². The van der Waals surface area contributed by atoms with E-state index in [1.54, 1.807) is 0 Å². The summed E-state index contributed by atoms with van der Waals surface area (Å²) in [6.07, 6.45) is 1.15. The summed E-state index contributed by atoms with van der Waals surface area (Å²) in [4.78, 5) is 2.26. The highest BCUT2D eigenvalue weighted by molar-refractivity contribution is 14.1. The fraction of sp³-hybridized carbons (Fsp3) is 0.455. The van der Waals surface area contributed by atoms with Gasteiger partial charge in [0.15, 0.2) is 0 Å². The van der Waals surface area contributed by atoms with Crippen LogP contribution in [0.15, 0.2) is 18.2 Å². The van der Waals surface area contributed by atoms with Crippen molar-refractivity contribution in [3.63, 3.8) is 0 Å². The zero-order chi connectivity index (χ0) is 11.3. The van der Waals surface area contributed by atoms with Gasteiger partial charge in [-0.1, -0.05) is 0 Å². The predicted octanol–water partition coefficient (Wildman–Crippen LogP) is 1.92. The summed E-state index contributed by atoms with van der Waals surface area (Å²) in [6, 6.07) is 6.03. The number of benzene rings is 1. The number of halogens is 1. The van der Waals surface area contributed by atoms with Crippen LogP contribution in [0.3, 0.4) is 0 Å². The van der Waals surface area contributed by atoms with Crippen LogP contribution >= 0.6 is 22.6 Å². The summed E-state index contributed by atoms with van der Waals surface area (Å²) >= 11 is 2.32. The van der Waals surface area contributed by atoms with Gasteiger partial charge in [-0.05, 0) is 60.8 Å². The Kier molecular flexibility index (Phi) is 5.17. The molecule has 0 fully saturated rings. The Morgan fingerprint density at radius 1 is 1.47 bits per heavy atom. The Morgan fingerprint density at radius 3 is 2.80 bits per heavy atom. The van der Waals surface area contributed by atoms with Crippen LogP contribution in [-0.2, 0) is 0 Å². The quantitative estimate of drug-likeness (QED) is 0.495. The molecule has 0 radical (unpaired) electrons. The van der Waals surface area contributed by atoms with Crippen LogP contribution < -0.4 is 16.0 Å². The molecular formula is C11H18IN3. The van der Waals surface area contributed by atoms with Crippen molar-refractivity contribution in [3.8, 4) is 0 Å². The maximum absolute atomic E-state index is 5.72. The lowest BCUT2D eigenvalue weighted by Gasteiger charge is -2.20. The first kappa shape index (κ1) is 12.6. The Morgan fingerprint density at radius 2 is 2.20 bits per heavy atom. The second-order valence-corrected chi connectivity index (χ2v) is 4.75. The maximum Gasteiger partial charge on any atom is 0.0500 e. The average Bonchev–Trinajstić information content (AvgIpc) is 2.17. The van der Waals surface area contributed by atoms with Crippen molar-refractivity contribution in [3.05, 3.63) is 21.8 Å². The van der Waals surface area contributed by atoms with Crippen molar-refractivity contribution in [2.75, 3.05) is 37.8 Å². The third kappa shape index (κ3) is 3.87. The van der Waals surface area contributed by atoms with E-state index in [1.165, 1.54) is 9.26 Å². The summed E-state index contributed by atoms with van der Waals surface area (Å²) in [5, 5.41) is 3.15. The molecule has 3 N–H and O–H groups in total. The summed E-state index contributed by atoms with van der Waals surface area (Å²) in [7, 11) is 4.09. The minimum Gasteiger partial charge on any atom is -0.399 e. The van der Waals surface area contributed by atoms with Crippen molar-refractivity contribution in [2.24, 2.45) is 0 Å². The third-order valence-electron chi connectivity index (χ3n) is 2.30. The van der Waals surface area contributed by atoms with Gasteiger partial charge in [-0.25, -0.2) is 0 Å². The number of hydrogen-bond acceptors (Lipinski definition) is 3. The summed E-state index contributed by atoms with van der Waals surface area (Å²) in [5.41, 5.74) is 7.79. The molecule has 84 valence electrons. The zero-order valence-electron chi connectivity index (χ0n) is 9.26. The average molecular weight is 319 g/mol. The van der Waals surface area contributed by atoms with Crippen molar-refractivity contribution in [1.29, 1.82) is 0 Å². The Hall–Kier alpha value is -0.490. The number of nitrogens with one attached hydrogen (secondary N) is 1. The Balaban J connectivity index is 2.61. The first-order chi connectivity index (χ1) is 7.15. The van der Waals surface area contributed by atoms with E-state index in [0.29, 0.717) is 0 Å². The highest BCUT2D eigenvalue weighted by atomic mass is 127. The molecule has 0 amide bonds. The lowest BCUT2D eigenvalue weighted by Crippen LogP contribution is -2.22. The minimum atomic E-state index is 0.826. The highest BCUT2D eigenvalue weighted by Gasteiger charge is 2.04. The second kappa shape index (κ2) is 6.17. The van der Waals surface area contributed by atoms with Crippen molar-refractivity contribution in [2.45, 2.75) is 6.42 Å². The van der Waals surface area contributed by atoms with Gasteiger partial charge in [0.1, 0.15) is 0 Å². The molecule has 15 heavy (non-hydrogen) atoms. The molecule has 3 nitrogen and oxygen atoms in total. The molecule has 0 aliphatic carbocycles. The molecule has 0 heterocycles. The van der Waals surface area contributed by atoms with Gasteiger partial charge in [-0.15, -0.1) is 0 Å². The van der Waals surface area contributed by atoms with Gasteiger partial charge in [0, 0.05) is 22.8 Å². The minimum absolute atomic E-state index is 0.826. The van der Waals surface area contributed by atoms with E-state index >= 15 is 0 Å². The fourth-order valence-corrected chi connectivity index (χ4v) is 2.40. The Bertz CT molecular complexity index is 315. The molecule has 1 rings (SSSR count). The van der Waals surface area contributed by atoms with Crippen LogP contribution in [0.5, 0.6) is 0 Å². The molecule has 0 saturated carbocycles. The van der Waals surface area contributed by atoms with Crippen LogP contribution in [0, 0.1) is 3.57 Å². The van der Waals surface area contributed by atoms with Gasteiger partial charge in [0.25, 0.3) is 0 Å². The number of nitrogens with zero attached hydrogens (tertiary/aromatic N) is 1. The highest BCUT2D eigenvalue weighted by Crippen LogP contribution is 2.23. The van der Waals surface area contributed by atoms with Gasteiger partial charge in [-0.2, -0.15) is 0 Å². The van der Waals surface area contributed by atoms with Crippen LogP contribution in [0.2, 0.25) is 0 Å². The normalized spacial score (nSPS) is 10.3. The molecule has 0 spiro atoms. The number of rotatable bonds is 5. The van der Waals surface area contributed by atoms with E-state index in [1.807, 2.05) is 19.2 Å². The van der Waals surface area contributed by atoms with E-state index in [9.17, 15) is 0 Å². The molecular weight excluding hydrogens is 301 g/mol. The van der Waals surface area contributed by atoms with Crippen LogP contribution in [0.1, 0.15) is 6.42 Å². The third-order valence-corrected chi connectivity index (χ3v) is 3.17. The van der Waals surface area contributed by atoms with E-state index in [0.717, 1.165) is 25.2 Å². The molecule has 0 aromatic heterocycles. The number of nitrogens with two attached hydrogens (primary N) is 1. The number of anilines is 2. The monoisotopic (exact) mass is 319 g/mol. The van der Waals surface area contributed by atoms with Gasteiger partial charge in [-0.3, -0.25) is 0 Å². The number of nitrogen functional groups attached to an aromatic ring is 1. The molecule has 0 atom stereocenters. The molecule has 0 unspecified atom stereocenters. The maximum atomic E-state index is 5.72. The first-order valence-electron chi connectivity index (χ1n) is 5.06. The molecule has 0 aliphatic heterocycles. The van der Waals surface area contributed by atoms with Crippen LogP contribution in [0.4, 0.5) is 11.4 Å². The SMILES string of the molecule is CNCCCN(C)c1ccc(N)cc1I. The lowest BCUT2D eigenvalue weighted by atomic mass is 10.2. The van der Waals surface area contributed by atoms with Crippen molar-refractivity contribution >= 4 is 34.0 Å². The smallest absolute Gasteiger partial charge is 0.0500 e.